The highest BCUT2D eigenvalue weighted by Crippen LogP contribution is 2.09. The molecule has 0 aromatic carbocycles. The summed E-state index contributed by atoms with van der Waals surface area (Å²) in [7, 11) is 0. The molecule has 0 bridgehead atoms. The van der Waals surface area contributed by atoms with Crippen LogP contribution in [0.5, 0.6) is 0 Å². The zero-order valence-corrected chi connectivity index (χ0v) is 7.76. The molecule has 0 saturated carbocycles. The highest BCUT2D eigenvalue weighted by atomic mass is 32.2. The first-order chi connectivity index (χ1) is 4.63. The fraction of sp³-hybridized carbons (Fsp3) is 0.556. The number of thioether (sulfide) groups is 1. The van der Waals surface area contributed by atoms with Crippen LogP contribution in [0.1, 0.15) is 20.3 Å². The fourth-order valence-electron chi connectivity index (χ4n) is 0.493. The molecule has 0 amide bonds. The summed E-state index contributed by atoms with van der Waals surface area (Å²) in [5.41, 5.74) is 2.53. The van der Waals surface area contributed by atoms with E-state index in [0.29, 0.717) is 0 Å². The first kappa shape index (κ1) is 9.83. The minimum atomic E-state index is 1.09. The van der Waals surface area contributed by atoms with E-state index >= 15 is 0 Å². The highest BCUT2D eigenvalue weighted by Gasteiger charge is 1.89. The quantitative estimate of drug-likeness (QED) is 0.435. The van der Waals surface area contributed by atoms with Crippen molar-refractivity contribution in [2.75, 3.05) is 11.5 Å². The van der Waals surface area contributed by atoms with Crippen molar-refractivity contribution in [2.24, 2.45) is 0 Å². The standard InChI is InChI=1S/C9H16S/c1-8(2)5-6-10-7-9(3)4/h1,3,5-7H2,2,4H3. The lowest BCUT2D eigenvalue weighted by Gasteiger charge is -1.99. The molecule has 0 rings (SSSR count). The first-order valence-corrected chi connectivity index (χ1v) is 4.65. The molecule has 0 nitrogen and oxygen atoms in total. The van der Waals surface area contributed by atoms with Gasteiger partial charge in [-0.2, -0.15) is 11.8 Å². The van der Waals surface area contributed by atoms with Gasteiger partial charge in [0.15, 0.2) is 0 Å². The van der Waals surface area contributed by atoms with E-state index in [2.05, 4.69) is 27.0 Å². The van der Waals surface area contributed by atoms with Crippen LogP contribution >= 0.6 is 11.8 Å². The van der Waals surface area contributed by atoms with Crippen LogP contribution in [-0.2, 0) is 0 Å². The molecule has 10 heavy (non-hydrogen) atoms. The van der Waals surface area contributed by atoms with Gasteiger partial charge in [0.1, 0.15) is 0 Å². The summed E-state index contributed by atoms with van der Waals surface area (Å²) in [5, 5.41) is 0. The van der Waals surface area contributed by atoms with Crippen LogP contribution in [0.2, 0.25) is 0 Å². The molecular formula is C9H16S. The van der Waals surface area contributed by atoms with Crippen LogP contribution < -0.4 is 0 Å². The Kier molecular flexibility index (Phi) is 5.51. The summed E-state index contributed by atoms with van der Waals surface area (Å²) in [6, 6.07) is 0. The van der Waals surface area contributed by atoms with Gasteiger partial charge in [0, 0.05) is 5.75 Å². The van der Waals surface area contributed by atoms with Crippen molar-refractivity contribution >= 4 is 11.8 Å². The van der Waals surface area contributed by atoms with Gasteiger partial charge in [-0.15, -0.1) is 6.58 Å². The van der Waals surface area contributed by atoms with Gasteiger partial charge < -0.3 is 0 Å². The van der Waals surface area contributed by atoms with Gasteiger partial charge in [-0.1, -0.05) is 17.7 Å². The van der Waals surface area contributed by atoms with Gasteiger partial charge in [0.25, 0.3) is 0 Å². The summed E-state index contributed by atoms with van der Waals surface area (Å²) in [5.74, 6) is 2.27. The van der Waals surface area contributed by atoms with E-state index in [1.54, 1.807) is 0 Å². The molecule has 0 unspecified atom stereocenters. The van der Waals surface area contributed by atoms with Gasteiger partial charge in [-0.25, -0.2) is 0 Å². The minimum absolute atomic E-state index is 1.09. The molecule has 1 heteroatoms. The third kappa shape index (κ3) is 7.83. The average Bonchev–Trinajstić information content (AvgIpc) is 1.79. The highest BCUT2D eigenvalue weighted by molar-refractivity contribution is 7.99. The Bertz CT molecular complexity index is 109. The summed E-state index contributed by atoms with van der Waals surface area (Å²) in [6.45, 7) is 11.8. The third-order valence-corrected chi connectivity index (χ3v) is 2.21. The maximum absolute atomic E-state index is 3.84. The van der Waals surface area contributed by atoms with E-state index in [1.165, 1.54) is 16.9 Å². The Morgan fingerprint density at radius 1 is 1.20 bits per heavy atom. The van der Waals surface area contributed by atoms with E-state index in [4.69, 9.17) is 0 Å². The molecule has 0 heterocycles. The van der Waals surface area contributed by atoms with Crippen molar-refractivity contribution in [3.8, 4) is 0 Å². The monoisotopic (exact) mass is 156 g/mol. The maximum Gasteiger partial charge on any atom is 0.0137 e. The molecular weight excluding hydrogens is 140 g/mol. The SMILES string of the molecule is C=C(C)CCSCC(=C)C. The number of allylic oxidation sites excluding steroid dienone is 1. The zero-order valence-electron chi connectivity index (χ0n) is 6.94. The summed E-state index contributed by atoms with van der Waals surface area (Å²) in [4.78, 5) is 0. The second kappa shape index (κ2) is 5.60. The summed E-state index contributed by atoms with van der Waals surface area (Å²) in [6.07, 6.45) is 1.14. The average molecular weight is 156 g/mol. The predicted octanol–water partition coefficient (Wildman–Crippen LogP) is 3.26. The Hall–Kier alpha value is -0.170. The van der Waals surface area contributed by atoms with Gasteiger partial charge in [-0.3, -0.25) is 0 Å². The van der Waals surface area contributed by atoms with Gasteiger partial charge >= 0.3 is 0 Å². The second-order valence-electron chi connectivity index (χ2n) is 2.72. The second-order valence-corrected chi connectivity index (χ2v) is 3.82. The van der Waals surface area contributed by atoms with Crippen molar-refractivity contribution < 1.29 is 0 Å². The Labute approximate surface area is 68.4 Å². The van der Waals surface area contributed by atoms with Crippen molar-refractivity contribution in [1.82, 2.24) is 0 Å². The first-order valence-electron chi connectivity index (χ1n) is 3.49. The van der Waals surface area contributed by atoms with Gasteiger partial charge in [0.2, 0.25) is 0 Å². The van der Waals surface area contributed by atoms with Gasteiger partial charge in [0.05, 0.1) is 0 Å². The molecule has 0 spiro atoms. The smallest absolute Gasteiger partial charge is 0.0137 e. The van der Waals surface area contributed by atoms with Crippen LogP contribution in [0.15, 0.2) is 24.3 Å². The molecule has 0 radical (unpaired) electrons. The summed E-state index contributed by atoms with van der Waals surface area (Å²) >= 11 is 1.93. The molecule has 0 aromatic heterocycles. The van der Waals surface area contributed by atoms with E-state index in [1.807, 2.05) is 11.8 Å². The van der Waals surface area contributed by atoms with Crippen LogP contribution in [0.25, 0.3) is 0 Å². The lowest BCUT2D eigenvalue weighted by molar-refractivity contribution is 1.12. The predicted molar refractivity (Wildman–Crippen MR) is 51.6 cm³/mol. The molecule has 0 saturated heterocycles. The number of hydrogen-bond donors (Lipinski definition) is 0. The molecule has 0 fully saturated rings. The van der Waals surface area contributed by atoms with E-state index in [-0.39, 0.29) is 0 Å². The summed E-state index contributed by atoms with van der Waals surface area (Å²) < 4.78 is 0. The van der Waals surface area contributed by atoms with Crippen LogP contribution in [0.4, 0.5) is 0 Å². The number of rotatable bonds is 5. The molecule has 0 atom stereocenters. The lowest BCUT2D eigenvalue weighted by atomic mass is 10.3. The van der Waals surface area contributed by atoms with Crippen molar-refractivity contribution in [1.29, 1.82) is 0 Å². The maximum atomic E-state index is 3.84. The molecule has 0 aliphatic rings. The molecule has 0 aliphatic carbocycles. The van der Waals surface area contributed by atoms with Crippen LogP contribution in [-0.4, -0.2) is 11.5 Å². The number of hydrogen-bond acceptors (Lipinski definition) is 1. The van der Waals surface area contributed by atoms with Crippen LogP contribution in [0.3, 0.4) is 0 Å². The van der Waals surface area contributed by atoms with E-state index in [0.717, 1.165) is 12.2 Å². The van der Waals surface area contributed by atoms with Gasteiger partial charge in [-0.05, 0) is 26.0 Å². The Morgan fingerprint density at radius 3 is 2.20 bits per heavy atom. The van der Waals surface area contributed by atoms with Crippen LogP contribution in [0, 0.1) is 0 Å². The molecule has 0 N–H and O–H groups in total. The molecule has 58 valence electrons. The Balaban J connectivity index is 3.06. The minimum Gasteiger partial charge on any atom is -0.157 e. The van der Waals surface area contributed by atoms with Crippen molar-refractivity contribution in [3.63, 3.8) is 0 Å². The van der Waals surface area contributed by atoms with Crippen molar-refractivity contribution in [2.45, 2.75) is 20.3 Å². The van der Waals surface area contributed by atoms with E-state index in [9.17, 15) is 0 Å². The fourth-order valence-corrected chi connectivity index (χ4v) is 1.48. The largest absolute Gasteiger partial charge is 0.157 e. The zero-order chi connectivity index (χ0) is 7.98. The third-order valence-electron chi connectivity index (χ3n) is 1.02. The van der Waals surface area contributed by atoms with Crippen molar-refractivity contribution in [3.05, 3.63) is 24.3 Å². The lowest BCUT2D eigenvalue weighted by Crippen LogP contribution is -1.84. The normalized spacial score (nSPS) is 9.40. The molecule has 0 aromatic rings. The molecule has 0 aliphatic heterocycles. The van der Waals surface area contributed by atoms with E-state index < -0.39 is 0 Å². The topological polar surface area (TPSA) is 0 Å². The Morgan fingerprint density at radius 2 is 1.80 bits per heavy atom.